The number of carbonyl (C=O) groups is 1. The number of amides is 1. The van der Waals surface area contributed by atoms with Gasteiger partial charge in [-0.3, -0.25) is 9.36 Å². The lowest BCUT2D eigenvalue weighted by Crippen LogP contribution is -2.46. The van der Waals surface area contributed by atoms with Crippen molar-refractivity contribution in [1.82, 2.24) is 5.32 Å². The Morgan fingerprint density at radius 1 is 0.755 bits per heavy atom. The number of hydrogen-bond donors (Lipinski definition) is 3. The Bertz CT molecular complexity index is 1070. The maximum absolute atomic E-state index is 12.8. The molecule has 2 unspecified atom stereocenters. The van der Waals surface area contributed by atoms with E-state index in [-0.39, 0.29) is 25.5 Å². The topological polar surface area (TPSA) is 128 Å². The molecule has 0 aromatic heterocycles. The van der Waals surface area contributed by atoms with Crippen LogP contribution in [0, 0.1) is 0 Å². The Morgan fingerprint density at radius 3 is 1.96 bits per heavy atom. The molecule has 0 heterocycles. The van der Waals surface area contributed by atoms with Crippen LogP contribution in [0.2, 0.25) is 0 Å². The first-order valence-electron chi connectivity index (χ1n) is 20.7. The third kappa shape index (κ3) is 36.9. The summed E-state index contributed by atoms with van der Waals surface area (Å²) in [6.07, 6.45) is 39.7. The smallest absolute Gasteiger partial charge is 0.268 e. The molecule has 0 aliphatic rings. The van der Waals surface area contributed by atoms with Gasteiger partial charge >= 0.3 is 0 Å². The minimum atomic E-state index is -4.59. The van der Waals surface area contributed by atoms with E-state index < -0.39 is 26.1 Å². The van der Waals surface area contributed by atoms with Gasteiger partial charge in [0, 0.05) is 6.42 Å². The highest BCUT2D eigenvalue weighted by Gasteiger charge is 2.24. The zero-order chi connectivity index (χ0) is 39.5. The van der Waals surface area contributed by atoms with Crippen LogP contribution in [0.4, 0.5) is 0 Å². The Labute approximate surface area is 324 Å². The number of allylic oxidation sites excluding steroid dienone is 8. The van der Waals surface area contributed by atoms with E-state index in [4.69, 9.17) is 9.05 Å². The number of quaternary nitrogens is 1. The fraction of sp³-hybridized carbons (Fsp3) is 0.744. The molecule has 0 rings (SSSR count). The number of aliphatic hydroxyl groups excluding tert-OH is 2. The van der Waals surface area contributed by atoms with E-state index in [0.717, 1.165) is 38.5 Å². The van der Waals surface area contributed by atoms with Crippen molar-refractivity contribution in [2.24, 2.45) is 0 Å². The molecule has 0 bridgehead atoms. The molecule has 0 radical (unpaired) electrons. The van der Waals surface area contributed by atoms with Crippen LogP contribution >= 0.6 is 7.82 Å². The van der Waals surface area contributed by atoms with E-state index >= 15 is 0 Å². The van der Waals surface area contributed by atoms with Gasteiger partial charge in [0.2, 0.25) is 5.91 Å². The lowest BCUT2D eigenvalue weighted by Gasteiger charge is -2.30. The summed E-state index contributed by atoms with van der Waals surface area (Å²) < 4.78 is 23.1. The lowest BCUT2D eigenvalue weighted by molar-refractivity contribution is -0.870. The molecule has 0 fully saturated rings. The fourth-order valence-corrected chi connectivity index (χ4v) is 6.23. The van der Waals surface area contributed by atoms with Gasteiger partial charge in [0.05, 0.1) is 46.0 Å². The van der Waals surface area contributed by atoms with Gasteiger partial charge in [-0.15, -0.1) is 0 Å². The summed E-state index contributed by atoms with van der Waals surface area (Å²) >= 11 is 0. The van der Waals surface area contributed by atoms with Crippen LogP contribution in [0.5, 0.6) is 0 Å². The molecular weight excluding hydrogens is 687 g/mol. The molecule has 9 nitrogen and oxygen atoms in total. The summed E-state index contributed by atoms with van der Waals surface area (Å²) in [5.74, 6) is -0.251. The summed E-state index contributed by atoms with van der Waals surface area (Å²) in [6, 6.07) is -0.852. The number of likely N-dealkylation sites (N-methyl/N-ethyl adjacent to an activating group) is 1. The summed E-state index contributed by atoms with van der Waals surface area (Å²) in [5.41, 5.74) is 0. The van der Waals surface area contributed by atoms with Crippen LogP contribution in [0.3, 0.4) is 0 Å². The van der Waals surface area contributed by atoms with Crippen molar-refractivity contribution in [2.75, 3.05) is 40.9 Å². The first-order valence-corrected chi connectivity index (χ1v) is 22.2. The van der Waals surface area contributed by atoms with Gasteiger partial charge in [-0.2, -0.15) is 0 Å². The van der Waals surface area contributed by atoms with Gasteiger partial charge in [-0.25, -0.2) is 0 Å². The molecule has 53 heavy (non-hydrogen) atoms. The minimum Gasteiger partial charge on any atom is -0.756 e. The van der Waals surface area contributed by atoms with Crippen molar-refractivity contribution in [1.29, 1.82) is 0 Å². The molecule has 0 aliphatic heterocycles. The number of phosphoric ester groups is 1. The number of hydrogen-bond acceptors (Lipinski definition) is 7. The second-order valence-electron chi connectivity index (χ2n) is 15.2. The molecule has 0 saturated heterocycles. The average molecular weight is 767 g/mol. The van der Waals surface area contributed by atoms with Crippen LogP contribution in [0.1, 0.15) is 149 Å². The third-order valence-electron chi connectivity index (χ3n) is 8.85. The third-order valence-corrected chi connectivity index (χ3v) is 9.81. The Hall–Kier alpha value is -1.84. The predicted molar refractivity (Wildman–Crippen MR) is 220 cm³/mol. The van der Waals surface area contributed by atoms with Gasteiger partial charge in [0.25, 0.3) is 7.82 Å². The van der Waals surface area contributed by atoms with Crippen molar-refractivity contribution in [3.05, 3.63) is 60.8 Å². The lowest BCUT2D eigenvalue weighted by atomic mass is 10.0. The van der Waals surface area contributed by atoms with Crippen LogP contribution < -0.4 is 10.2 Å². The summed E-state index contributed by atoms with van der Waals surface area (Å²) in [7, 11) is 1.22. The molecule has 0 saturated carbocycles. The molecule has 0 spiro atoms. The Morgan fingerprint density at radius 2 is 1.34 bits per heavy atom. The second-order valence-corrected chi connectivity index (χ2v) is 16.6. The monoisotopic (exact) mass is 767 g/mol. The van der Waals surface area contributed by atoms with E-state index in [1.807, 2.05) is 57.6 Å². The maximum atomic E-state index is 12.8. The van der Waals surface area contributed by atoms with E-state index in [0.29, 0.717) is 36.7 Å². The number of nitrogens with zero attached hydrogens (tertiary/aromatic N) is 1. The van der Waals surface area contributed by atoms with Crippen LogP contribution in [-0.2, 0) is 18.4 Å². The molecule has 1 amide bonds. The number of carbonyl (C=O) groups excluding carboxylic acids is 1. The molecular formula is C43H79N2O7P. The molecule has 10 heteroatoms. The number of nitrogens with one attached hydrogen (secondary N) is 1. The number of rotatable bonds is 36. The van der Waals surface area contributed by atoms with E-state index in [1.54, 1.807) is 6.08 Å². The van der Waals surface area contributed by atoms with Crippen molar-refractivity contribution in [3.63, 3.8) is 0 Å². The van der Waals surface area contributed by atoms with Crippen LogP contribution in [0.15, 0.2) is 60.8 Å². The highest BCUT2D eigenvalue weighted by atomic mass is 31.2. The van der Waals surface area contributed by atoms with Gasteiger partial charge < -0.3 is 34.0 Å². The quantitative estimate of drug-likeness (QED) is 0.0191. The SMILES string of the molecule is CC/C=C\C/C=C\CC(O)/C=C/C=C\C/C=C\CCCC(=O)N[C@@H](COP(=O)([O-])OCC[N+](C)(C)C)[C@H](O)CCCCCCCCCCCCCCC. The molecule has 0 aromatic rings. The van der Waals surface area contributed by atoms with E-state index in [1.165, 1.54) is 64.2 Å². The molecule has 0 aliphatic carbocycles. The van der Waals surface area contributed by atoms with Gasteiger partial charge in [0.1, 0.15) is 13.2 Å². The maximum Gasteiger partial charge on any atom is 0.268 e. The Balaban J connectivity index is 4.61. The minimum absolute atomic E-state index is 0.0125. The molecule has 0 aromatic carbocycles. The molecule has 308 valence electrons. The molecule has 4 atom stereocenters. The van der Waals surface area contributed by atoms with Crippen molar-refractivity contribution in [3.8, 4) is 0 Å². The fourth-order valence-electron chi connectivity index (χ4n) is 5.51. The zero-order valence-corrected chi connectivity index (χ0v) is 35.2. The second kappa shape index (κ2) is 34.6. The summed E-state index contributed by atoms with van der Waals surface area (Å²) in [4.78, 5) is 25.2. The largest absolute Gasteiger partial charge is 0.756 e. The molecule has 3 N–H and O–H groups in total. The number of aliphatic hydroxyl groups is 2. The highest BCUT2D eigenvalue weighted by Crippen LogP contribution is 2.38. The highest BCUT2D eigenvalue weighted by molar-refractivity contribution is 7.45. The first-order chi connectivity index (χ1) is 25.4. The van der Waals surface area contributed by atoms with Gasteiger partial charge in [-0.1, -0.05) is 158 Å². The standard InChI is InChI=1S/C43H79N2O7P/c1-6-8-10-12-14-15-16-17-18-19-23-27-31-35-42(47)41(39-52-53(49,50)51-38-37-45(3,4)5)44-43(48)36-32-28-24-21-20-22-26-30-34-40(46)33-29-25-13-11-9-7-2/h9,11,21-22,24-26,29-30,34,40-42,46-47H,6-8,10,12-20,23,27-28,31-33,35-39H2,1-5H3,(H-,44,48,49,50)/b11-9-,24-21-,26-22-,29-25-,34-30+/t40?,41-,42+/m0/s1. The normalized spacial score (nSPS) is 15.7. The summed E-state index contributed by atoms with van der Waals surface area (Å²) in [6.45, 7) is 4.45. The van der Waals surface area contributed by atoms with E-state index in [9.17, 15) is 24.5 Å². The Kier molecular flexibility index (Phi) is 33.4. The van der Waals surface area contributed by atoms with E-state index in [2.05, 4.69) is 37.4 Å². The van der Waals surface area contributed by atoms with Crippen molar-refractivity contribution >= 4 is 13.7 Å². The van der Waals surface area contributed by atoms with Crippen molar-refractivity contribution < 1.29 is 38.0 Å². The van der Waals surface area contributed by atoms with Gasteiger partial charge in [-0.05, 0) is 44.9 Å². The first kappa shape index (κ1) is 51.2. The summed E-state index contributed by atoms with van der Waals surface area (Å²) in [5, 5.41) is 23.8. The predicted octanol–water partition coefficient (Wildman–Crippen LogP) is 9.41. The van der Waals surface area contributed by atoms with Crippen LogP contribution in [0.25, 0.3) is 0 Å². The van der Waals surface area contributed by atoms with Gasteiger partial charge in [0.15, 0.2) is 0 Å². The average Bonchev–Trinajstić information content (AvgIpc) is 3.10. The van der Waals surface area contributed by atoms with Crippen LogP contribution in [-0.4, -0.2) is 79.8 Å². The zero-order valence-electron chi connectivity index (χ0n) is 34.3. The van der Waals surface area contributed by atoms with Crippen molar-refractivity contribution in [2.45, 2.75) is 167 Å². The number of unbranched alkanes of at least 4 members (excludes halogenated alkanes) is 13. The number of phosphoric acid groups is 1.